The minimum absolute atomic E-state index is 0.498. The average molecular weight is 310 g/mol. The largest absolute Gasteiger partial charge is 0.573 e. The molecule has 1 aromatic rings. The predicted molar refractivity (Wildman–Crippen MR) is 59.8 cm³/mol. The summed E-state index contributed by atoms with van der Waals surface area (Å²) in [5.41, 5.74) is -1.33. The first-order valence-electron chi connectivity index (χ1n) is 5.22. The molecule has 1 aromatic heterocycles. The number of alkyl halides is 3. The summed E-state index contributed by atoms with van der Waals surface area (Å²) in [5, 5.41) is 10.7. The van der Waals surface area contributed by atoms with Gasteiger partial charge in [0.15, 0.2) is 0 Å². The number of nitro groups is 1. The second-order valence-electron chi connectivity index (χ2n) is 3.51. The number of rotatable bonds is 5. The fourth-order valence-electron chi connectivity index (χ4n) is 1.39. The van der Waals surface area contributed by atoms with Gasteiger partial charge in [0.2, 0.25) is 11.5 Å². The number of carbonyl (C=O) groups is 1. The van der Waals surface area contributed by atoms with Gasteiger partial charge in [-0.1, -0.05) is 0 Å². The fourth-order valence-corrected chi connectivity index (χ4v) is 1.39. The molecule has 0 fully saturated rings. The van der Waals surface area contributed by atoms with Crippen LogP contribution in [-0.4, -0.2) is 36.5 Å². The summed E-state index contributed by atoms with van der Waals surface area (Å²) in [6, 6.07) is 0. The lowest BCUT2D eigenvalue weighted by Crippen LogP contribution is -2.20. The van der Waals surface area contributed by atoms with Crippen molar-refractivity contribution in [2.75, 3.05) is 14.2 Å². The first-order chi connectivity index (χ1) is 9.69. The smallest absolute Gasteiger partial charge is 0.487 e. The maximum atomic E-state index is 12.4. The quantitative estimate of drug-likeness (QED) is 0.462. The molecule has 0 bridgehead atoms. The van der Waals surface area contributed by atoms with Gasteiger partial charge in [0.05, 0.1) is 31.3 Å². The highest BCUT2D eigenvalue weighted by Crippen LogP contribution is 2.41. The number of aromatic nitrogens is 1. The molecule has 0 radical (unpaired) electrons. The fraction of sp³-hybridized carbons (Fsp3) is 0.400. The molecule has 116 valence electrons. The lowest BCUT2D eigenvalue weighted by molar-refractivity contribution is -0.386. The lowest BCUT2D eigenvalue weighted by Gasteiger charge is -2.15. The highest BCUT2D eigenvalue weighted by atomic mass is 19.4. The summed E-state index contributed by atoms with van der Waals surface area (Å²) in [5.74, 6) is -2.73. The van der Waals surface area contributed by atoms with E-state index < -0.39 is 46.6 Å². The Balaban J connectivity index is 3.43. The molecule has 21 heavy (non-hydrogen) atoms. The Hall–Kier alpha value is -2.59. The Morgan fingerprint density at radius 3 is 2.43 bits per heavy atom. The van der Waals surface area contributed by atoms with E-state index in [1.54, 1.807) is 0 Å². The summed E-state index contributed by atoms with van der Waals surface area (Å²) in [4.78, 5) is 24.3. The highest BCUT2D eigenvalue weighted by molar-refractivity contribution is 5.74. The zero-order chi connectivity index (χ0) is 16.2. The van der Waals surface area contributed by atoms with Gasteiger partial charge in [-0.25, -0.2) is 4.98 Å². The first kappa shape index (κ1) is 16.5. The SMILES string of the molecule is COC(=O)Cc1ncc([N+](=O)[O-])c(OC)c1OC(F)(F)F. The summed E-state index contributed by atoms with van der Waals surface area (Å²) >= 11 is 0. The second-order valence-corrected chi connectivity index (χ2v) is 3.51. The van der Waals surface area contributed by atoms with E-state index in [1.807, 2.05) is 0 Å². The van der Waals surface area contributed by atoms with Crippen LogP contribution in [0.25, 0.3) is 0 Å². The average Bonchev–Trinajstić information content (AvgIpc) is 2.38. The summed E-state index contributed by atoms with van der Waals surface area (Å²) in [7, 11) is 1.95. The van der Waals surface area contributed by atoms with Crippen LogP contribution in [0.4, 0.5) is 18.9 Å². The molecule has 0 aliphatic rings. The van der Waals surface area contributed by atoms with Gasteiger partial charge in [-0.2, -0.15) is 0 Å². The molecule has 0 amide bonds. The topological polar surface area (TPSA) is 101 Å². The van der Waals surface area contributed by atoms with Gasteiger partial charge in [-0.05, 0) is 0 Å². The monoisotopic (exact) mass is 310 g/mol. The number of esters is 1. The summed E-state index contributed by atoms with van der Waals surface area (Å²) in [6.45, 7) is 0. The van der Waals surface area contributed by atoms with E-state index in [0.29, 0.717) is 6.20 Å². The van der Waals surface area contributed by atoms with E-state index in [1.165, 1.54) is 0 Å². The van der Waals surface area contributed by atoms with E-state index in [4.69, 9.17) is 0 Å². The van der Waals surface area contributed by atoms with E-state index in [2.05, 4.69) is 19.2 Å². The maximum absolute atomic E-state index is 12.4. The van der Waals surface area contributed by atoms with Crippen LogP contribution in [0.1, 0.15) is 5.69 Å². The Kier molecular flexibility index (Phi) is 4.89. The number of hydrogen-bond donors (Lipinski definition) is 0. The third-order valence-electron chi connectivity index (χ3n) is 2.20. The van der Waals surface area contributed by atoms with Crippen molar-refractivity contribution in [3.63, 3.8) is 0 Å². The van der Waals surface area contributed by atoms with Gasteiger partial charge in [0, 0.05) is 0 Å². The van der Waals surface area contributed by atoms with Crippen LogP contribution in [-0.2, 0) is 16.0 Å². The predicted octanol–water partition coefficient (Wildman–Crippen LogP) is 1.61. The Morgan fingerprint density at radius 1 is 1.38 bits per heavy atom. The molecule has 0 spiro atoms. The minimum atomic E-state index is -5.14. The van der Waals surface area contributed by atoms with Crippen molar-refractivity contribution < 1.29 is 37.1 Å². The van der Waals surface area contributed by atoms with Crippen LogP contribution in [0.5, 0.6) is 11.5 Å². The van der Waals surface area contributed by atoms with Gasteiger partial charge >= 0.3 is 18.0 Å². The van der Waals surface area contributed by atoms with Gasteiger partial charge in [0.1, 0.15) is 6.20 Å². The van der Waals surface area contributed by atoms with Gasteiger partial charge in [-0.3, -0.25) is 14.9 Å². The van der Waals surface area contributed by atoms with E-state index in [-0.39, 0.29) is 0 Å². The molecule has 1 heterocycles. The second kappa shape index (κ2) is 6.24. The van der Waals surface area contributed by atoms with Crippen LogP contribution < -0.4 is 9.47 Å². The molecule has 0 aliphatic heterocycles. The normalized spacial score (nSPS) is 10.9. The molecule has 0 saturated heterocycles. The van der Waals surface area contributed by atoms with Crippen molar-refractivity contribution in [1.29, 1.82) is 0 Å². The molecule has 0 atom stereocenters. The minimum Gasteiger partial charge on any atom is -0.487 e. The zero-order valence-corrected chi connectivity index (χ0v) is 10.8. The molecule has 1 rings (SSSR count). The van der Waals surface area contributed by atoms with Crippen LogP contribution in [0, 0.1) is 10.1 Å². The number of nitrogens with zero attached hydrogens (tertiary/aromatic N) is 2. The van der Waals surface area contributed by atoms with E-state index in [9.17, 15) is 28.1 Å². The standard InChI is InChI=1S/C10H9F3N2O6/c1-19-7(16)3-5-8(21-10(11,12)13)9(20-2)6(4-14-5)15(17)18/h4H,3H2,1-2H3. The highest BCUT2D eigenvalue weighted by Gasteiger charge is 2.37. The van der Waals surface area contributed by atoms with Crippen LogP contribution >= 0.6 is 0 Å². The van der Waals surface area contributed by atoms with Crippen molar-refractivity contribution in [2.24, 2.45) is 0 Å². The van der Waals surface area contributed by atoms with Crippen molar-refractivity contribution in [2.45, 2.75) is 12.8 Å². The van der Waals surface area contributed by atoms with Gasteiger partial charge in [0.25, 0.3) is 0 Å². The third-order valence-corrected chi connectivity index (χ3v) is 2.20. The number of ether oxygens (including phenoxy) is 3. The van der Waals surface area contributed by atoms with E-state index >= 15 is 0 Å². The Morgan fingerprint density at radius 2 is 2.00 bits per heavy atom. The third kappa shape index (κ3) is 4.19. The first-order valence-corrected chi connectivity index (χ1v) is 5.22. The van der Waals surface area contributed by atoms with Crippen molar-refractivity contribution in [1.82, 2.24) is 4.98 Å². The number of methoxy groups -OCH3 is 2. The molecule has 0 aliphatic carbocycles. The zero-order valence-electron chi connectivity index (χ0n) is 10.8. The Bertz CT molecular complexity index is 560. The molecule has 8 nitrogen and oxygen atoms in total. The molecule has 0 saturated carbocycles. The number of carbonyl (C=O) groups excluding carboxylic acids is 1. The van der Waals surface area contributed by atoms with Crippen molar-refractivity contribution in [3.05, 3.63) is 22.0 Å². The number of hydrogen-bond acceptors (Lipinski definition) is 7. The van der Waals surface area contributed by atoms with Gasteiger partial charge < -0.3 is 14.2 Å². The molecule has 0 unspecified atom stereocenters. The number of halogens is 3. The van der Waals surface area contributed by atoms with Crippen LogP contribution in [0.2, 0.25) is 0 Å². The van der Waals surface area contributed by atoms with E-state index in [0.717, 1.165) is 14.2 Å². The van der Waals surface area contributed by atoms with Crippen molar-refractivity contribution >= 4 is 11.7 Å². The van der Waals surface area contributed by atoms with Crippen molar-refractivity contribution in [3.8, 4) is 11.5 Å². The molecular formula is C10H9F3N2O6. The Labute approximate surface area is 115 Å². The molecule has 11 heteroatoms. The molecule has 0 N–H and O–H groups in total. The lowest BCUT2D eigenvalue weighted by atomic mass is 10.2. The number of pyridine rings is 1. The summed E-state index contributed by atoms with van der Waals surface area (Å²) < 4.78 is 49.8. The van der Waals surface area contributed by atoms with Crippen LogP contribution in [0.3, 0.4) is 0 Å². The summed E-state index contributed by atoms with van der Waals surface area (Å²) in [6.07, 6.45) is -5.15. The molecular weight excluding hydrogens is 301 g/mol. The molecule has 0 aromatic carbocycles. The van der Waals surface area contributed by atoms with Gasteiger partial charge in [-0.15, -0.1) is 13.2 Å². The maximum Gasteiger partial charge on any atom is 0.573 e. The van der Waals surface area contributed by atoms with Crippen LogP contribution in [0.15, 0.2) is 6.20 Å².